The predicted octanol–water partition coefficient (Wildman–Crippen LogP) is 3.79. The number of fused-ring (bicyclic) bond motifs is 1. The highest BCUT2D eigenvalue weighted by molar-refractivity contribution is 5.92. The van der Waals surface area contributed by atoms with Gasteiger partial charge in [-0.25, -0.2) is 9.67 Å². The first-order valence-corrected chi connectivity index (χ1v) is 7.70. The Hall–Kier alpha value is -3.39. The van der Waals surface area contributed by atoms with Crippen LogP contribution in [-0.4, -0.2) is 19.7 Å². The molecule has 4 rings (SSSR count). The van der Waals surface area contributed by atoms with Crippen molar-refractivity contribution in [3.63, 3.8) is 0 Å². The molecule has 0 saturated heterocycles. The van der Waals surface area contributed by atoms with Gasteiger partial charge in [0.25, 0.3) is 0 Å². The van der Waals surface area contributed by atoms with Gasteiger partial charge in [0.15, 0.2) is 0 Å². The van der Waals surface area contributed by atoms with E-state index in [1.807, 2.05) is 60.5 Å². The fraction of sp³-hybridized carbons (Fsp3) is 0.105. The smallest absolute Gasteiger partial charge is 0.137 e. The molecule has 0 aliphatic carbocycles. The minimum absolute atomic E-state index is 0.425. The number of aromatic nitrogens is 4. The maximum absolute atomic E-state index is 8.82. The third-order valence-electron chi connectivity index (χ3n) is 4.14. The number of pyridine rings is 1. The Labute approximate surface area is 139 Å². The molecular formula is C19H15N5. The van der Waals surface area contributed by atoms with Crippen LogP contribution in [0.15, 0.2) is 55.1 Å². The quantitative estimate of drug-likeness (QED) is 0.625. The molecule has 1 aromatic carbocycles. The monoisotopic (exact) mass is 313 g/mol. The minimum atomic E-state index is 0.425. The highest BCUT2D eigenvalue weighted by atomic mass is 15.3. The van der Waals surface area contributed by atoms with Crippen molar-refractivity contribution in [3.05, 3.63) is 66.2 Å². The Morgan fingerprint density at radius 1 is 1.25 bits per heavy atom. The van der Waals surface area contributed by atoms with Gasteiger partial charge in [0.05, 0.1) is 24.4 Å². The lowest BCUT2D eigenvalue weighted by molar-refractivity contribution is 0.871. The second kappa shape index (κ2) is 5.67. The summed E-state index contributed by atoms with van der Waals surface area (Å²) >= 11 is 0. The second-order valence-corrected chi connectivity index (χ2v) is 5.73. The number of benzene rings is 1. The van der Waals surface area contributed by atoms with Gasteiger partial charge in [-0.05, 0) is 41.8 Å². The molecule has 0 aliphatic heterocycles. The van der Waals surface area contributed by atoms with E-state index in [9.17, 15) is 0 Å². The number of rotatable bonds is 3. The molecule has 3 heterocycles. The number of aryl methyl sites for hydroxylation is 1. The van der Waals surface area contributed by atoms with Crippen LogP contribution in [0.4, 0.5) is 0 Å². The molecule has 0 spiro atoms. The topological polar surface area (TPSA) is 70.3 Å². The Morgan fingerprint density at radius 2 is 2.17 bits per heavy atom. The van der Waals surface area contributed by atoms with Crippen LogP contribution in [0, 0.1) is 18.3 Å². The zero-order valence-corrected chi connectivity index (χ0v) is 13.2. The van der Waals surface area contributed by atoms with Gasteiger partial charge in [-0.1, -0.05) is 12.1 Å². The highest BCUT2D eigenvalue weighted by Crippen LogP contribution is 2.27. The third kappa shape index (κ3) is 2.34. The van der Waals surface area contributed by atoms with E-state index in [1.165, 1.54) is 0 Å². The van der Waals surface area contributed by atoms with E-state index >= 15 is 0 Å². The lowest BCUT2D eigenvalue weighted by atomic mass is 10.1. The molecule has 4 aromatic rings. The molecule has 3 aromatic heterocycles. The van der Waals surface area contributed by atoms with Crippen molar-refractivity contribution in [1.29, 1.82) is 5.26 Å². The average molecular weight is 313 g/mol. The summed E-state index contributed by atoms with van der Waals surface area (Å²) in [5.74, 6) is 0. The van der Waals surface area contributed by atoms with Crippen LogP contribution in [-0.2, 0) is 6.42 Å². The number of nitriles is 1. The number of hydrogen-bond acceptors (Lipinski definition) is 3. The molecule has 0 amide bonds. The molecular weight excluding hydrogens is 298 g/mol. The van der Waals surface area contributed by atoms with Gasteiger partial charge in [0, 0.05) is 29.5 Å². The summed E-state index contributed by atoms with van der Waals surface area (Å²) in [5.41, 5.74) is 6.15. The molecule has 1 N–H and O–H groups in total. The Balaban J connectivity index is 1.76. The SMILES string of the molecule is Cc1cc(CC#N)ccc1-n1cc(-c2ccnc3[nH]ccc23)cn1. The van der Waals surface area contributed by atoms with Crippen molar-refractivity contribution in [2.24, 2.45) is 0 Å². The van der Waals surface area contributed by atoms with E-state index < -0.39 is 0 Å². The number of nitrogens with one attached hydrogen (secondary N) is 1. The molecule has 24 heavy (non-hydrogen) atoms. The molecule has 0 atom stereocenters. The van der Waals surface area contributed by atoms with Crippen molar-refractivity contribution < 1.29 is 0 Å². The van der Waals surface area contributed by atoms with Crippen LogP contribution in [0.1, 0.15) is 11.1 Å². The van der Waals surface area contributed by atoms with Crippen LogP contribution < -0.4 is 0 Å². The van der Waals surface area contributed by atoms with E-state index in [0.29, 0.717) is 6.42 Å². The van der Waals surface area contributed by atoms with Gasteiger partial charge in [-0.3, -0.25) is 0 Å². The van der Waals surface area contributed by atoms with Gasteiger partial charge in [-0.2, -0.15) is 10.4 Å². The van der Waals surface area contributed by atoms with Crippen molar-refractivity contribution in [1.82, 2.24) is 19.7 Å². The second-order valence-electron chi connectivity index (χ2n) is 5.73. The number of aromatic amines is 1. The number of H-pyrrole nitrogens is 1. The van der Waals surface area contributed by atoms with Gasteiger partial charge in [-0.15, -0.1) is 0 Å². The fourth-order valence-electron chi connectivity index (χ4n) is 2.98. The summed E-state index contributed by atoms with van der Waals surface area (Å²) in [6.45, 7) is 2.04. The van der Waals surface area contributed by atoms with Gasteiger partial charge in [0.2, 0.25) is 0 Å². The molecule has 0 radical (unpaired) electrons. The summed E-state index contributed by atoms with van der Waals surface area (Å²) in [6, 6.07) is 12.2. The first kappa shape index (κ1) is 14.2. The van der Waals surface area contributed by atoms with E-state index in [0.717, 1.165) is 39.0 Å². The van der Waals surface area contributed by atoms with Crippen molar-refractivity contribution >= 4 is 11.0 Å². The Morgan fingerprint density at radius 3 is 3.00 bits per heavy atom. The summed E-state index contributed by atoms with van der Waals surface area (Å²) in [5, 5.41) is 14.4. The molecule has 116 valence electrons. The first-order valence-electron chi connectivity index (χ1n) is 7.70. The van der Waals surface area contributed by atoms with Gasteiger partial charge in [0.1, 0.15) is 5.65 Å². The van der Waals surface area contributed by atoms with Crippen molar-refractivity contribution in [2.45, 2.75) is 13.3 Å². The van der Waals surface area contributed by atoms with E-state index in [-0.39, 0.29) is 0 Å². The fourth-order valence-corrected chi connectivity index (χ4v) is 2.98. The highest BCUT2D eigenvalue weighted by Gasteiger charge is 2.10. The molecule has 0 fully saturated rings. The summed E-state index contributed by atoms with van der Waals surface area (Å²) < 4.78 is 1.87. The van der Waals surface area contributed by atoms with Crippen LogP contribution >= 0.6 is 0 Å². The molecule has 0 saturated carbocycles. The normalized spacial score (nSPS) is 10.8. The van der Waals surface area contributed by atoms with Crippen LogP contribution in [0.2, 0.25) is 0 Å². The number of nitrogens with zero attached hydrogens (tertiary/aromatic N) is 4. The van der Waals surface area contributed by atoms with Crippen LogP contribution in [0.25, 0.3) is 27.8 Å². The minimum Gasteiger partial charge on any atom is -0.346 e. The maximum Gasteiger partial charge on any atom is 0.137 e. The summed E-state index contributed by atoms with van der Waals surface area (Å²) in [7, 11) is 0. The van der Waals surface area contributed by atoms with Gasteiger partial charge < -0.3 is 4.98 Å². The van der Waals surface area contributed by atoms with E-state index in [2.05, 4.69) is 21.1 Å². The zero-order valence-electron chi connectivity index (χ0n) is 13.2. The number of hydrogen-bond donors (Lipinski definition) is 1. The first-order chi connectivity index (χ1) is 11.8. The predicted molar refractivity (Wildman–Crippen MR) is 92.7 cm³/mol. The van der Waals surface area contributed by atoms with E-state index in [4.69, 9.17) is 5.26 Å². The van der Waals surface area contributed by atoms with E-state index in [1.54, 1.807) is 6.20 Å². The average Bonchev–Trinajstić information content (AvgIpc) is 3.24. The lowest BCUT2D eigenvalue weighted by Crippen LogP contribution is -1.98. The van der Waals surface area contributed by atoms with Crippen molar-refractivity contribution in [3.8, 4) is 22.9 Å². The van der Waals surface area contributed by atoms with Gasteiger partial charge >= 0.3 is 0 Å². The molecule has 5 nitrogen and oxygen atoms in total. The summed E-state index contributed by atoms with van der Waals surface area (Å²) in [6.07, 6.45) is 8.00. The largest absolute Gasteiger partial charge is 0.346 e. The van der Waals surface area contributed by atoms with Crippen LogP contribution in [0.5, 0.6) is 0 Å². The summed E-state index contributed by atoms with van der Waals surface area (Å²) in [4.78, 5) is 7.46. The molecule has 0 bridgehead atoms. The van der Waals surface area contributed by atoms with Crippen molar-refractivity contribution in [2.75, 3.05) is 0 Å². The molecule has 5 heteroatoms. The molecule has 0 unspecified atom stereocenters. The standard InChI is InChI=1S/C19H15N5/c1-13-10-14(4-7-20)2-3-18(13)24-12-15(11-23-24)16-5-8-21-19-17(16)6-9-22-19/h2-3,5-6,8-12H,4H2,1H3,(H,21,22). The maximum atomic E-state index is 8.82. The Bertz CT molecular complexity index is 1060. The Kier molecular flexibility index (Phi) is 3.36. The zero-order chi connectivity index (χ0) is 16.5. The lowest BCUT2D eigenvalue weighted by Gasteiger charge is -2.07. The van der Waals surface area contributed by atoms with Crippen LogP contribution in [0.3, 0.4) is 0 Å². The third-order valence-corrected chi connectivity index (χ3v) is 4.14. The molecule has 0 aliphatic rings.